The maximum Gasteiger partial charge on any atom is 0.125 e. The third-order valence-corrected chi connectivity index (χ3v) is 8.54. The molecule has 0 radical (unpaired) electrons. The van der Waals surface area contributed by atoms with Crippen LogP contribution >= 0.6 is 0 Å². The molecule has 4 aliphatic rings. The number of hydrogen-bond acceptors (Lipinski definition) is 3. The number of hydrogen-bond donors (Lipinski definition) is 2. The highest BCUT2D eigenvalue weighted by Gasteiger charge is 2.81. The lowest BCUT2D eigenvalue weighted by Gasteiger charge is -2.64. The van der Waals surface area contributed by atoms with E-state index in [9.17, 15) is 10.2 Å². The Morgan fingerprint density at radius 2 is 1.91 bits per heavy atom. The van der Waals surface area contributed by atoms with Crippen LogP contribution in [-0.4, -0.2) is 34.1 Å². The third kappa shape index (κ3) is 1.72. The van der Waals surface area contributed by atoms with Gasteiger partial charge in [0.25, 0.3) is 0 Å². The van der Waals surface area contributed by atoms with Gasteiger partial charge in [-0.25, -0.2) is 0 Å². The molecule has 3 aliphatic carbocycles. The van der Waals surface area contributed by atoms with Gasteiger partial charge in [-0.05, 0) is 55.3 Å². The highest BCUT2D eigenvalue weighted by Crippen LogP contribution is 2.74. The second kappa shape index (κ2) is 4.42. The zero-order valence-corrected chi connectivity index (χ0v) is 14.9. The smallest absolute Gasteiger partial charge is 0.125 e. The van der Waals surface area contributed by atoms with E-state index in [1.54, 1.807) is 0 Å². The Kier molecular flexibility index (Phi) is 3.09. The van der Waals surface area contributed by atoms with E-state index in [1.807, 2.05) is 0 Å². The van der Waals surface area contributed by atoms with Crippen molar-refractivity contribution in [3.63, 3.8) is 0 Å². The Balaban J connectivity index is 1.77. The topological polar surface area (TPSA) is 53.0 Å². The average Bonchev–Trinajstić information content (AvgIpc) is 3.21. The van der Waals surface area contributed by atoms with Crippen LogP contribution in [0.4, 0.5) is 0 Å². The monoisotopic (exact) mass is 320 g/mol. The Morgan fingerprint density at radius 1 is 1.17 bits per heavy atom. The lowest BCUT2D eigenvalue weighted by molar-refractivity contribution is -0.229. The largest absolute Gasteiger partial charge is 0.396 e. The summed E-state index contributed by atoms with van der Waals surface area (Å²) in [4.78, 5) is 0. The highest BCUT2D eigenvalue weighted by atomic mass is 16.6. The zero-order chi connectivity index (χ0) is 16.7. The molecule has 3 heteroatoms. The number of ether oxygens (including phenoxy) is 1. The van der Waals surface area contributed by atoms with E-state index in [-0.39, 0.29) is 34.6 Å². The number of allylic oxidation sites excluding steroid dienone is 1. The van der Waals surface area contributed by atoms with Crippen LogP contribution in [0.2, 0.25) is 0 Å². The number of fused-ring (bicyclic) bond motifs is 2. The summed E-state index contributed by atoms with van der Waals surface area (Å²) in [7, 11) is 0. The lowest BCUT2D eigenvalue weighted by Crippen LogP contribution is -2.70. The minimum absolute atomic E-state index is 0.0686. The van der Waals surface area contributed by atoms with Crippen molar-refractivity contribution in [2.45, 2.75) is 83.0 Å². The first-order valence-corrected chi connectivity index (χ1v) is 9.33. The van der Waals surface area contributed by atoms with Gasteiger partial charge in [-0.3, -0.25) is 0 Å². The normalized spacial score (nSPS) is 61.1. The molecule has 7 atom stereocenters. The van der Waals surface area contributed by atoms with Crippen LogP contribution in [0.25, 0.3) is 0 Å². The summed E-state index contributed by atoms with van der Waals surface area (Å²) >= 11 is 0. The molecule has 3 saturated carbocycles. The molecular formula is C20H32O3. The van der Waals surface area contributed by atoms with Crippen molar-refractivity contribution in [3.8, 4) is 0 Å². The molecule has 4 fully saturated rings. The summed E-state index contributed by atoms with van der Waals surface area (Å²) in [6, 6.07) is 0. The molecule has 0 aromatic carbocycles. The van der Waals surface area contributed by atoms with E-state index in [4.69, 9.17) is 4.74 Å². The quantitative estimate of drug-likeness (QED) is 0.605. The molecule has 1 heterocycles. The van der Waals surface area contributed by atoms with E-state index in [2.05, 4.69) is 33.4 Å². The fourth-order valence-corrected chi connectivity index (χ4v) is 6.85. The van der Waals surface area contributed by atoms with Gasteiger partial charge in [0.1, 0.15) is 11.2 Å². The fraction of sp³-hybridized carbons (Fsp3) is 0.900. The van der Waals surface area contributed by atoms with Gasteiger partial charge in [-0.1, -0.05) is 33.3 Å². The molecule has 1 unspecified atom stereocenters. The van der Waals surface area contributed by atoms with Crippen LogP contribution in [0.1, 0.15) is 65.7 Å². The van der Waals surface area contributed by atoms with Gasteiger partial charge in [0.15, 0.2) is 0 Å². The predicted molar refractivity (Wildman–Crippen MR) is 90.0 cm³/mol. The number of aliphatic hydroxyl groups is 2. The van der Waals surface area contributed by atoms with E-state index >= 15 is 0 Å². The summed E-state index contributed by atoms with van der Waals surface area (Å²) in [5.74, 6) is 0.340. The Morgan fingerprint density at radius 3 is 2.57 bits per heavy atom. The van der Waals surface area contributed by atoms with Gasteiger partial charge in [0.2, 0.25) is 0 Å². The average molecular weight is 320 g/mol. The van der Waals surface area contributed by atoms with Crippen LogP contribution < -0.4 is 0 Å². The SMILES string of the molecule is C=C[C@]1(C)CC[C@]2(O)[C@]3(C)CCC[C@](C)(CO)C3C[C@H]3O[C@]32C1. The molecule has 130 valence electrons. The summed E-state index contributed by atoms with van der Waals surface area (Å²) in [5, 5.41) is 22.0. The highest BCUT2D eigenvalue weighted by molar-refractivity contribution is 5.31. The van der Waals surface area contributed by atoms with Crippen LogP contribution in [-0.2, 0) is 4.74 Å². The standard InChI is InChI=1S/C20H32O3/c1-5-16(2)9-10-20(22)18(4)8-6-7-17(3,13-21)14(18)11-15-19(20,12-16)23-15/h5,14-15,21-22H,1,6-13H2,2-4H3/t14?,15-,16-,17-,18-,19-,20+/m1/s1. The van der Waals surface area contributed by atoms with Gasteiger partial charge in [-0.2, -0.15) is 0 Å². The number of rotatable bonds is 2. The maximum absolute atomic E-state index is 12.0. The van der Waals surface area contributed by atoms with Gasteiger partial charge in [-0.15, -0.1) is 6.58 Å². The van der Waals surface area contributed by atoms with Gasteiger partial charge >= 0.3 is 0 Å². The van der Waals surface area contributed by atoms with Crippen LogP contribution in [0.15, 0.2) is 12.7 Å². The van der Waals surface area contributed by atoms with Crippen molar-refractivity contribution in [1.82, 2.24) is 0 Å². The van der Waals surface area contributed by atoms with Crippen LogP contribution in [0.3, 0.4) is 0 Å². The predicted octanol–water partition coefficient (Wildman–Crippen LogP) is 3.44. The van der Waals surface area contributed by atoms with E-state index in [0.29, 0.717) is 5.92 Å². The van der Waals surface area contributed by atoms with Gasteiger partial charge in [0.05, 0.1) is 6.10 Å². The first kappa shape index (κ1) is 16.1. The van der Waals surface area contributed by atoms with Crippen molar-refractivity contribution >= 4 is 0 Å². The molecule has 0 aromatic heterocycles. The Bertz CT molecular complexity index is 547. The molecule has 23 heavy (non-hydrogen) atoms. The van der Waals surface area contributed by atoms with Gasteiger partial charge < -0.3 is 14.9 Å². The van der Waals surface area contributed by atoms with E-state index in [1.165, 1.54) is 0 Å². The molecule has 0 bridgehead atoms. The van der Waals surface area contributed by atoms with Crippen LogP contribution in [0.5, 0.6) is 0 Å². The molecule has 1 aliphatic heterocycles. The third-order valence-electron chi connectivity index (χ3n) is 8.54. The molecule has 1 spiro atoms. The minimum atomic E-state index is -0.757. The Hall–Kier alpha value is -0.380. The molecule has 0 aromatic rings. The first-order chi connectivity index (χ1) is 10.7. The number of epoxide rings is 1. The summed E-state index contributed by atoms with van der Waals surface area (Å²) in [6.07, 6.45) is 9.07. The van der Waals surface area contributed by atoms with Crippen LogP contribution in [0, 0.1) is 22.2 Å². The van der Waals surface area contributed by atoms with E-state index in [0.717, 1.165) is 44.9 Å². The molecule has 1 saturated heterocycles. The molecule has 2 N–H and O–H groups in total. The van der Waals surface area contributed by atoms with Crippen molar-refractivity contribution in [3.05, 3.63) is 12.7 Å². The van der Waals surface area contributed by atoms with Crippen molar-refractivity contribution in [2.75, 3.05) is 6.61 Å². The van der Waals surface area contributed by atoms with Gasteiger partial charge in [0, 0.05) is 12.0 Å². The second-order valence-electron chi connectivity index (χ2n) is 9.76. The molecule has 3 nitrogen and oxygen atoms in total. The molecule has 4 rings (SSSR count). The van der Waals surface area contributed by atoms with Crippen molar-refractivity contribution < 1.29 is 14.9 Å². The van der Waals surface area contributed by atoms with Crippen molar-refractivity contribution in [1.29, 1.82) is 0 Å². The second-order valence-corrected chi connectivity index (χ2v) is 9.76. The number of aliphatic hydroxyl groups excluding tert-OH is 1. The fourth-order valence-electron chi connectivity index (χ4n) is 6.85. The maximum atomic E-state index is 12.0. The summed E-state index contributed by atoms with van der Waals surface area (Å²) in [5.41, 5.74) is -1.29. The minimum Gasteiger partial charge on any atom is -0.396 e. The summed E-state index contributed by atoms with van der Waals surface area (Å²) in [6.45, 7) is 11.0. The van der Waals surface area contributed by atoms with Crippen molar-refractivity contribution in [2.24, 2.45) is 22.2 Å². The summed E-state index contributed by atoms with van der Waals surface area (Å²) < 4.78 is 6.29. The molecule has 0 amide bonds. The lowest BCUT2D eigenvalue weighted by atomic mass is 9.41. The zero-order valence-electron chi connectivity index (χ0n) is 14.9. The molecular weight excluding hydrogens is 288 g/mol. The first-order valence-electron chi connectivity index (χ1n) is 9.33. The Labute approximate surface area is 140 Å². The van der Waals surface area contributed by atoms with E-state index < -0.39 is 5.60 Å².